The molecule has 0 spiro atoms. The van der Waals surface area contributed by atoms with Gasteiger partial charge in [0.2, 0.25) is 0 Å². The van der Waals surface area contributed by atoms with Crippen molar-refractivity contribution in [3.63, 3.8) is 0 Å². The molecule has 15 heavy (non-hydrogen) atoms. The maximum atomic E-state index is 5.34. The predicted octanol–water partition coefficient (Wildman–Crippen LogP) is 3.62. The Morgan fingerprint density at radius 3 is 2.67 bits per heavy atom. The van der Waals surface area contributed by atoms with Gasteiger partial charge in [0.1, 0.15) is 5.75 Å². The summed E-state index contributed by atoms with van der Waals surface area (Å²) in [4.78, 5) is 4.49. The van der Waals surface area contributed by atoms with Gasteiger partial charge in [-0.05, 0) is 53.5 Å². The molecule has 0 bridgehead atoms. The van der Waals surface area contributed by atoms with Crippen LogP contribution in [0, 0.1) is 13.8 Å². The SMILES string of the molecule is COc1c(C)cc2nc(C)ccc2c1Br. The Bertz CT molecular complexity index is 523. The van der Waals surface area contributed by atoms with Crippen LogP contribution in [0.15, 0.2) is 22.7 Å². The van der Waals surface area contributed by atoms with Gasteiger partial charge in [-0.15, -0.1) is 0 Å². The van der Waals surface area contributed by atoms with E-state index in [1.807, 2.05) is 26.0 Å². The van der Waals surface area contributed by atoms with Gasteiger partial charge in [-0.1, -0.05) is 0 Å². The van der Waals surface area contributed by atoms with Crippen molar-refractivity contribution in [2.75, 3.05) is 7.11 Å². The lowest BCUT2D eigenvalue weighted by atomic mass is 10.1. The Morgan fingerprint density at radius 2 is 2.00 bits per heavy atom. The Kier molecular flexibility index (Phi) is 2.65. The van der Waals surface area contributed by atoms with Crippen molar-refractivity contribution in [3.05, 3.63) is 33.9 Å². The summed E-state index contributed by atoms with van der Waals surface area (Å²) in [5.41, 5.74) is 3.12. The third kappa shape index (κ3) is 1.72. The highest BCUT2D eigenvalue weighted by Gasteiger charge is 2.09. The molecule has 3 heteroatoms. The van der Waals surface area contributed by atoms with E-state index < -0.39 is 0 Å². The third-order valence-electron chi connectivity index (χ3n) is 2.42. The zero-order chi connectivity index (χ0) is 11.0. The highest BCUT2D eigenvalue weighted by Crippen LogP contribution is 2.35. The molecule has 1 aromatic carbocycles. The molecule has 0 saturated heterocycles. The minimum absolute atomic E-state index is 0.883. The topological polar surface area (TPSA) is 22.1 Å². The van der Waals surface area contributed by atoms with Crippen LogP contribution in [0.3, 0.4) is 0 Å². The number of halogens is 1. The Hall–Kier alpha value is -1.09. The lowest BCUT2D eigenvalue weighted by molar-refractivity contribution is 0.410. The number of benzene rings is 1. The molecule has 0 amide bonds. The highest BCUT2D eigenvalue weighted by molar-refractivity contribution is 9.10. The van der Waals surface area contributed by atoms with Gasteiger partial charge in [0, 0.05) is 11.1 Å². The largest absolute Gasteiger partial charge is 0.495 e. The molecule has 78 valence electrons. The molecule has 0 aliphatic carbocycles. The van der Waals surface area contributed by atoms with Crippen LogP contribution in [0.5, 0.6) is 5.75 Å². The number of aryl methyl sites for hydroxylation is 2. The summed E-state index contributed by atoms with van der Waals surface area (Å²) in [6, 6.07) is 6.11. The Morgan fingerprint density at radius 1 is 1.27 bits per heavy atom. The number of methoxy groups -OCH3 is 1. The molecule has 2 nitrogen and oxygen atoms in total. The predicted molar refractivity (Wildman–Crippen MR) is 65.5 cm³/mol. The first-order chi connectivity index (χ1) is 7.13. The standard InChI is InChI=1S/C12H12BrNO/c1-7-6-10-9(5-4-8(2)14-10)11(13)12(7)15-3/h4-6H,1-3H3. The van der Waals surface area contributed by atoms with E-state index in [0.717, 1.165) is 32.4 Å². The number of pyridine rings is 1. The zero-order valence-electron chi connectivity index (χ0n) is 8.97. The monoisotopic (exact) mass is 265 g/mol. The van der Waals surface area contributed by atoms with Crippen molar-refractivity contribution in [3.8, 4) is 5.75 Å². The Balaban J connectivity index is 2.84. The second-order valence-electron chi connectivity index (χ2n) is 3.56. The van der Waals surface area contributed by atoms with Crippen molar-refractivity contribution in [2.24, 2.45) is 0 Å². The van der Waals surface area contributed by atoms with Crippen LogP contribution in [0.4, 0.5) is 0 Å². The molecule has 0 atom stereocenters. The number of fused-ring (bicyclic) bond motifs is 1. The second kappa shape index (κ2) is 3.81. The molecular weight excluding hydrogens is 254 g/mol. The van der Waals surface area contributed by atoms with Crippen LogP contribution in [-0.2, 0) is 0 Å². The average Bonchev–Trinajstić information content (AvgIpc) is 2.17. The average molecular weight is 266 g/mol. The number of ether oxygens (including phenoxy) is 1. The lowest BCUT2D eigenvalue weighted by Crippen LogP contribution is -1.92. The van der Waals surface area contributed by atoms with Gasteiger partial charge in [-0.25, -0.2) is 0 Å². The van der Waals surface area contributed by atoms with E-state index >= 15 is 0 Å². The molecule has 0 N–H and O–H groups in total. The van der Waals surface area contributed by atoms with E-state index in [9.17, 15) is 0 Å². The van der Waals surface area contributed by atoms with Crippen LogP contribution in [0.1, 0.15) is 11.3 Å². The smallest absolute Gasteiger partial charge is 0.136 e. The van der Waals surface area contributed by atoms with Crippen molar-refractivity contribution < 1.29 is 4.74 Å². The van der Waals surface area contributed by atoms with Gasteiger partial charge in [0.15, 0.2) is 0 Å². The van der Waals surface area contributed by atoms with Crippen LogP contribution in [-0.4, -0.2) is 12.1 Å². The summed E-state index contributed by atoms with van der Waals surface area (Å²) >= 11 is 3.55. The zero-order valence-corrected chi connectivity index (χ0v) is 10.6. The molecule has 2 aromatic rings. The van der Waals surface area contributed by atoms with Crippen LogP contribution < -0.4 is 4.74 Å². The minimum atomic E-state index is 0.883. The number of aromatic nitrogens is 1. The normalized spacial score (nSPS) is 10.7. The maximum absolute atomic E-state index is 5.34. The van der Waals surface area contributed by atoms with Crippen LogP contribution in [0.2, 0.25) is 0 Å². The molecule has 0 aliphatic heterocycles. The number of hydrogen-bond acceptors (Lipinski definition) is 2. The van der Waals surface area contributed by atoms with Crippen LogP contribution in [0.25, 0.3) is 10.9 Å². The highest BCUT2D eigenvalue weighted by atomic mass is 79.9. The summed E-state index contributed by atoms with van der Waals surface area (Å²) < 4.78 is 6.32. The van der Waals surface area contributed by atoms with Gasteiger partial charge in [0.25, 0.3) is 0 Å². The summed E-state index contributed by atoms with van der Waals surface area (Å²) in [7, 11) is 1.68. The van der Waals surface area contributed by atoms with Gasteiger partial charge in [-0.3, -0.25) is 4.98 Å². The molecule has 0 unspecified atom stereocenters. The molecule has 1 heterocycles. The third-order valence-corrected chi connectivity index (χ3v) is 3.20. The van der Waals surface area contributed by atoms with E-state index in [2.05, 4.69) is 27.0 Å². The fourth-order valence-corrected chi connectivity index (χ4v) is 2.50. The van der Waals surface area contributed by atoms with Gasteiger partial charge >= 0.3 is 0 Å². The number of nitrogens with zero attached hydrogens (tertiary/aromatic N) is 1. The summed E-state index contributed by atoms with van der Waals surface area (Å²) in [5, 5.41) is 1.09. The molecule has 0 radical (unpaired) electrons. The van der Waals surface area contributed by atoms with Crippen molar-refractivity contribution in [1.29, 1.82) is 0 Å². The fraction of sp³-hybridized carbons (Fsp3) is 0.250. The minimum Gasteiger partial charge on any atom is -0.495 e. The molecule has 2 rings (SSSR count). The molecule has 0 fully saturated rings. The fourth-order valence-electron chi connectivity index (χ4n) is 1.69. The second-order valence-corrected chi connectivity index (χ2v) is 4.35. The summed E-state index contributed by atoms with van der Waals surface area (Å²) in [6.45, 7) is 4.01. The van der Waals surface area contributed by atoms with E-state index in [1.54, 1.807) is 7.11 Å². The first-order valence-corrected chi connectivity index (χ1v) is 5.53. The number of hydrogen-bond donors (Lipinski definition) is 0. The summed E-state index contributed by atoms with van der Waals surface area (Å²) in [5.74, 6) is 0.883. The summed E-state index contributed by atoms with van der Waals surface area (Å²) in [6.07, 6.45) is 0. The first kappa shape index (κ1) is 10.4. The maximum Gasteiger partial charge on any atom is 0.136 e. The Labute approximate surface area is 97.4 Å². The number of rotatable bonds is 1. The quantitative estimate of drug-likeness (QED) is 0.786. The van der Waals surface area contributed by atoms with Gasteiger partial charge in [0.05, 0.1) is 17.1 Å². The van der Waals surface area contributed by atoms with Gasteiger partial charge < -0.3 is 4.74 Å². The van der Waals surface area contributed by atoms with Crippen molar-refractivity contribution in [1.82, 2.24) is 4.98 Å². The van der Waals surface area contributed by atoms with Crippen molar-refractivity contribution >= 4 is 26.8 Å². The van der Waals surface area contributed by atoms with Crippen molar-refractivity contribution in [2.45, 2.75) is 13.8 Å². The molecule has 0 saturated carbocycles. The van der Waals surface area contributed by atoms with E-state index in [-0.39, 0.29) is 0 Å². The van der Waals surface area contributed by atoms with E-state index in [1.165, 1.54) is 0 Å². The van der Waals surface area contributed by atoms with E-state index in [0.29, 0.717) is 0 Å². The van der Waals surface area contributed by atoms with E-state index in [4.69, 9.17) is 4.74 Å². The first-order valence-electron chi connectivity index (χ1n) is 4.74. The molecular formula is C12H12BrNO. The van der Waals surface area contributed by atoms with Gasteiger partial charge in [-0.2, -0.15) is 0 Å². The van der Waals surface area contributed by atoms with Crippen LogP contribution >= 0.6 is 15.9 Å². The lowest BCUT2D eigenvalue weighted by Gasteiger charge is -2.10. The molecule has 0 aliphatic rings. The molecule has 1 aromatic heterocycles.